The molecule has 1 aliphatic carbocycles. The molecule has 1 heterocycles. The van der Waals surface area contributed by atoms with E-state index in [4.69, 9.17) is 4.74 Å². The Hall–Kier alpha value is -1.04. The van der Waals surface area contributed by atoms with Gasteiger partial charge in [0.2, 0.25) is 0 Å². The largest absolute Gasteiger partial charge is 0.495 e. The number of nitrogens with one attached hydrogen (secondary N) is 1. The number of methoxy groups -OCH3 is 1. The van der Waals surface area contributed by atoms with E-state index in [-0.39, 0.29) is 5.78 Å². The quantitative estimate of drug-likeness (QED) is 0.819. The molecular formula is C12H10INO2. The Balaban J connectivity index is 2.43. The van der Waals surface area contributed by atoms with Gasteiger partial charge in [-0.1, -0.05) is 0 Å². The number of benzene rings is 1. The zero-order chi connectivity index (χ0) is 11.3. The molecule has 0 radical (unpaired) electrons. The highest BCUT2D eigenvalue weighted by Gasteiger charge is 2.26. The number of carbonyl (C=O) groups excluding carboxylic acids is 1. The molecule has 0 aliphatic heterocycles. The molecule has 16 heavy (non-hydrogen) atoms. The highest BCUT2D eigenvalue weighted by atomic mass is 127. The van der Waals surface area contributed by atoms with Crippen molar-refractivity contribution in [1.82, 2.24) is 4.98 Å². The number of aromatic nitrogens is 1. The number of aryl methyl sites for hydroxylation is 1. The summed E-state index contributed by atoms with van der Waals surface area (Å²) in [5.41, 5.74) is 2.88. The third-order valence-electron chi connectivity index (χ3n) is 3.07. The van der Waals surface area contributed by atoms with E-state index in [0.717, 1.165) is 34.3 Å². The molecule has 0 amide bonds. The van der Waals surface area contributed by atoms with Gasteiger partial charge < -0.3 is 9.72 Å². The van der Waals surface area contributed by atoms with Crippen LogP contribution in [-0.4, -0.2) is 17.9 Å². The van der Waals surface area contributed by atoms with Crippen LogP contribution < -0.4 is 4.74 Å². The lowest BCUT2D eigenvalue weighted by Gasteiger charge is -2.03. The minimum absolute atomic E-state index is 0.212. The summed E-state index contributed by atoms with van der Waals surface area (Å²) in [4.78, 5) is 14.9. The third-order valence-corrected chi connectivity index (χ3v) is 3.97. The van der Waals surface area contributed by atoms with Crippen molar-refractivity contribution in [2.75, 3.05) is 7.11 Å². The van der Waals surface area contributed by atoms with Crippen molar-refractivity contribution in [3.8, 4) is 5.75 Å². The zero-order valence-electron chi connectivity index (χ0n) is 8.76. The molecule has 1 aliphatic rings. The van der Waals surface area contributed by atoms with E-state index in [1.165, 1.54) is 3.57 Å². The van der Waals surface area contributed by atoms with Gasteiger partial charge in [-0.15, -0.1) is 0 Å². The summed E-state index contributed by atoms with van der Waals surface area (Å²) in [7, 11) is 1.65. The standard InChI is InChI=1S/C12H10INO2/c1-16-9-5-3-7(13)10-6-2-4-8(15)11(6)14-12(9)10/h3,5,14H,2,4H2,1H3. The molecule has 0 fully saturated rings. The van der Waals surface area contributed by atoms with Crippen molar-refractivity contribution in [2.45, 2.75) is 12.8 Å². The fraction of sp³-hybridized carbons (Fsp3) is 0.250. The summed E-state index contributed by atoms with van der Waals surface area (Å²) in [6.45, 7) is 0. The first-order valence-electron chi connectivity index (χ1n) is 5.12. The molecule has 82 valence electrons. The third kappa shape index (κ3) is 1.22. The minimum Gasteiger partial charge on any atom is -0.495 e. The summed E-state index contributed by atoms with van der Waals surface area (Å²) in [6.07, 6.45) is 1.47. The number of hydrogen-bond donors (Lipinski definition) is 1. The summed E-state index contributed by atoms with van der Waals surface area (Å²) in [5, 5.41) is 1.15. The summed E-state index contributed by atoms with van der Waals surface area (Å²) in [5.74, 6) is 1.02. The maximum absolute atomic E-state index is 11.7. The van der Waals surface area contributed by atoms with Gasteiger partial charge in [0.1, 0.15) is 5.75 Å². The number of ether oxygens (including phenoxy) is 1. The van der Waals surface area contributed by atoms with Gasteiger partial charge in [-0.3, -0.25) is 4.79 Å². The van der Waals surface area contributed by atoms with Crippen molar-refractivity contribution < 1.29 is 9.53 Å². The molecule has 0 saturated heterocycles. The van der Waals surface area contributed by atoms with E-state index in [0.29, 0.717) is 6.42 Å². The summed E-state index contributed by atoms with van der Waals surface area (Å²) in [6, 6.07) is 3.96. The van der Waals surface area contributed by atoms with Crippen LogP contribution in [0.4, 0.5) is 0 Å². The lowest BCUT2D eigenvalue weighted by molar-refractivity contribution is 0.0991. The van der Waals surface area contributed by atoms with Gasteiger partial charge in [-0.2, -0.15) is 0 Å². The number of Topliss-reactive ketones (excluding diaryl/α,β-unsaturated/α-hetero) is 1. The topological polar surface area (TPSA) is 42.1 Å². The Labute approximate surface area is 106 Å². The predicted octanol–water partition coefficient (Wildman–Crippen LogP) is 2.91. The van der Waals surface area contributed by atoms with E-state index in [9.17, 15) is 4.79 Å². The molecule has 0 unspecified atom stereocenters. The van der Waals surface area contributed by atoms with Crippen LogP contribution in [0.5, 0.6) is 5.75 Å². The van der Waals surface area contributed by atoms with E-state index >= 15 is 0 Å². The van der Waals surface area contributed by atoms with Crippen molar-refractivity contribution in [3.63, 3.8) is 0 Å². The highest BCUT2D eigenvalue weighted by Crippen LogP contribution is 2.37. The van der Waals surface area contributed by atoms with Crippen LogP contribution in [-0.2, 0) is 6.42 Å². The second-order valence-electron chi connectivity index (χ2n) is 3.90. The number of ketones is 1. The first-order valence-corrected chi connectivity index (χ1v) is 6.20. The number of H-pyrrole nitrogens is 1. The molecule has 2 aromatic rings. The lowest BCUT2D eigenvalue weighted by atomic mass is 10.1. The van der Waals surface area contributed by atoms with Gasteiger partial charge in [0.25, 0.3) is 0 Å². The Bertz CT molecular complexity index is 601. The Morgan fingerprint density at radius 3 is 2.94 bits per heavy atom. The first kappa shape index (κ1) is 10.1. The van der Waals surface area contributed by atoms with Gasteiger partial charge >= 0.3 is 0 Å². The van der Waals surface area contributed by atoms with Crippen LogP contribution in [0.25, 0.3) is 10.9 Å². The smallest absolute Gasteiger partial charge is 0.179 e. The Morgan fingerprint density at radius 2 is 2.19 bits per heavy atom. The van der Waals surface area contributed by atoms with E-state index in [1.54, 1.807) is 7.11 Å². The fourth-order valence-electron chi connectivity index (χ4n) is 2.32. The molecule has 1 aromatic heterocycles. The maximum atomic E-state index is 11.7. The molecule has 3 nitrogen and oxygen atoms in total. The molecule has 0 atom stereocenters. The number of aromatic amines is 1. The second kappa shape index (κ2) is 3.48. The number of rotatable bonds is 1. The average Bonchev–Trinajstić information content (AvgIpc) is 2.81. The van der Waals surface area contributed by atoms with E-state index < -0.39 is 0 Å². The van der Waals surface area contributed by atoms with Gasteiger partial charge in [0.15, 0.2) is 5.78 Å². The number of hydrogen-bond acceptors (Lipinski definition) is 2. The molecule has 0 saturated carbocycles. The van der Waals surface area contributed by atoms with Gasteiger partial charge in [0, 0.05) is 15.4 Å². The summed E-state index contributed by atoms with van der Waals surface area (Å²) >= 11 is 2.30. The van der Waals surface area contributed by atoms with Crippen LogP contribution in [0.1, 0.15) is 22.5 Å². The van der Waals surface area contributed by atoms with E-state index in [1.807, 2.05) is 12.1 Å². The average molecular weight is 327 g/mol. The lowest BCUT2D eigenvalue weighted by Crippen LogP contribution is -1.92. The monoisotopic (exact) mass is 327 g/mol. The van der Waals surface area contributed by atoms with Crippen LogP contribution in [0.15, 0.2) is 12.1 Å². The van der Waals surface area contributed by atoms with E-state index in [2.05, 4.69) is 27.6 Å². The molecule has 0 bridgehead atoms. The Morgan fingerprint density at radius 1 is 1.38 bits per heavy atom. The molecule has 1 N–H and O–H groups in total. The fourth-order valence-corrected chi connectivity index (χ4v) is 3.10. The molecule has 0 spiro atoms. The van der Waals surface area contributed by atoms with Gasteiger partial charge in [-0.05, 0) is 46.7 Å². The number of carbonyl (C=O) groups is 1. The molecule has 1 aromatic carbocycles. The Kier molecular flexibility index (Phi) is 2.20. The summed E-state index contributed by atoms with van der Waals surface area (Å²) < 4.78 is 6.48. The van der Waals surface area contributed by atoms with Gasteiger partial charge in [0.05, 0.1) is 18.3 Å². The van der Waals surface area contributed by atoms with Crippen LogP contribution in [0, 0.1) is 3.57 Å². The van der Waals surface area contributed by atoms with Crippen molar-refractivity contribution in [3.05, 3.63) is 27.0 Å². The van der Waals surface area contributed by atoms with Gasteiger partial charge in [-0.25, -0.2) is 0 Å². The van der Waals surface area contributed by atoms with Crippen LogP contribution in [0.3, 0.4) is 0 Å². The predicted molar refractivity (Wildman–Crippen MR) is 70.2 cm³/mol. The minimum atomic E-state index is 0.212. The first-order chi connectivity index (χ1) is 7.72. The number of halogens is 1. The molecule has 4 heteroatoms. The molecule has 3 rings (SSSR count). The second-order valence-corrected chi connectivity index (χ2v) is 5.06. The normalized spacial score (nSPS) is 14.5. The van der Waals surface area contributed by atoms with Crippen LogP contribution >= 0.6 is 22.6 Å². The van der Waals surface area contributed by atoms with Crippen molar-refractivity contribution in [1.29, 1.82) is 0 Å². The maximum Gasteiger partial charge on any atom is 0.179 e. The SMILES string of the molecule is COc1ccc(I)c2c3c([nH]c12)C(=O)CC3. The van der Waals surface area contributed by atoms with Crippen LogP contribution in [0.2, 0.25) is 0 Å². The number of fused-ring (bicyclic) bond motifs is 3. The van der Waals surface area contributed by atoms with Crippen molar-refractivity contribution in [2.24, 2.45) is 0 Å². The zero-order valence-corrected chi connectivity index (χ0v) is 10.9. The highest BCUT2D eigenvalue weighted by molar-refractivity contribution is 14.1. The van der Waals surface area contributed by atoms with Crippen molar-refractivity contribution >= 4 is 39.3 Å². The molecular weight excluding hydrogens is 317 g/mol.